The minimum atomic E-state index is -4.67. The number of nitrogens with zero attached hydrogens (tertiary/aromatic N) is 6. The summed E-state index contributed by atoms with van der Waals surface area (Å²) in [5, 5.41) is 25.1. The van der Waals surface area contributed by atoms with Crippen LogP contribution in [0.4, 0.5) is 27.9 Å². The molecule has 1 fully saturated rings. The summed E-state index contributed by atoms with van der Waals surface area (Å²) >= 11 is 0. The van der Waals surface area contributed by atoms with Crippen LogP contribution in [0.15, 0.2) is 30.5 Å². The highest BCUT2D eigenvalue weighted by molar-refractivity contribution is 5.89. The molecule has 36 heavy (non-hydrogen) atoms. The van der Waals surface area contributed by atoms with Crippen LogP contribution >= 0.6 is 0 Å². The summed E-state index contributed by atoms with van der Waals surface area (Å²) in [6, 6.07) is 6.56. The number of ether oxygens (including phenoxy) is 1. The highest BCUT2D eigenvalue weighted by atomic mass is 19.4. The van der Waals surface area contributed by atoms with Crippen molar-refractivity contribution in [3.8, 4) is 17.0 Å². The number of halogens is 5. The number of hydrogen-bond acceptors (Lipinski definition) is 7. The summed E-state index contributed by atoms with van der Waals surface area (Å²) in [5.74, 6) is 0.382. The summed E-state index contributed by atoms with van der Waals surface area (Å²) in [7, 11) is 1.43. The Morgan fingerprint density at radius 3 is 2.64 bits per heavy atom. The lowest BCUT2D eigenvalue weighted by Crippen LogP contribution is -2.49. The number of hydrogen-bond donors (Lipinski definition) is 2. The van der Waals surface area contributed by atoms with E-state index in [1.165, 1.54) is 11.6 Å². The molecule has 0 bridgehead atoms. The minimum absolute atomic E-state index is 0.0942. The molecule has 3 heterocycles. The van der Waals surface area contributed by atoms with Gasteiger partial charge in [-0.15, -0.1) is 10.2 Å². The maximum Gasteiger partial charge on any atom is 0.417 e. The summed E-state index contributed by atoms with van der Waals surface area (Å²) in [5.41, 5.74) is 0.126. The van der Waals surface area contributed by atoms with E-state index >= 15 is 0 Å². The molecule has 2 N–H and O–H groups in total. The van der Waals surface area contributed by atoms with E-state index in [9.17, 15) is 27.1 Å². The molecule has 1 aliphatic carbocycles. The Kier molecular flexibility index (Phi) is 5.93. The summed E-state index contributed by atoms with van der Waals surface area (Å²) in [6.07, 6.45) is -6.23. The molecular formula is C22H22F5N7O2. The number of benzene rings is 1. The lowest BCUT2D eigenvalue weighted by atomic mass is 9.82. The van der Waals surface area contributed by atoms with E-state index in [0.29, 0.717) is 27.7 Å². The van der Waals surface area contributed by atoms with E-state index < -0.39 is 37.6 Å². The predicted octanol–water partition coefficient (Wildman–Crippen LogP) is 4.06. The topological polar surface area (TPSA) is 102 Å². The van der Waals surface area contributed by atoms with Gasteiger partial charge in [-0.05, 0) is 49.4 Å². The Balaban J connectivity index is 1.43. The van der Waals surface area contributed by atoms with Gasteiger partial charge in [-0.2, -0.15) is 18.2 Å². The van der Waals surface area contributed by atoms with Crippen molar-refractivity contribution in [3.05, 3.63) is 30.5 Å². The van der Waals surface area contributed by atoms with Crippen LogP contribution in [0.25, 0.3) is 27.7 Å². The third-order valence-corrected chi connectivity index (χ3v) is 6.48. The van der Waals surface area contributed by atoms with Crippen molar-refractivity contribution in [2.75, 3.05) is 12.4 Å². The number of methoxy groups -OCH3 is 1. The van der Waals surface area contributed by atoms with Crippen LogP contribution in [0.3, 0.4) is 0 Å². The molecule has 0 amide bonds. The first-order valence-corrected chi connectivity index (χ1v) is 11.2. The van der Waals surface area contributed by atoms with Crippen molar-refractivity contribution in [2.24, 2.45) is 0 Å². The number of alkyl halides is 5. The van der Waals surface area contributed by atoms with Gasteiger partial charge in [0, 0.05) is 17.8 Å². The van der Waals surface area contributed by atoms with Gasteiger partial charge in [0.25, 0.3) is 6.43 Å². The van der Waals surface area contributed by atoms with Crippen LogP contribution < -0.4 is 10.1 Å². The zero-order valence-corrected chi connectivity index (χ0v) is 19.0. The van der Waals surface area contributed by atoms with E-state index in [1.807, 2.05) is 0 Å². The molecule has 4 aromatic rings. The maximum absolute atomic E-state index is 13.1. The second kappa shape index (κ2) is 8.84. The fourth-order valence-corrected chi connectivity index (χ4v) is 4.53. The molecule has 1 saturated carbocycles. The van der Waals surface area contributed by atoms with Crippen molar-refractivity contribution in [3.63, 3.8) is 0 Å². The molecule has 0 unspecified atom stereocenters. The molecular weight excluding hydrogens is 489 g/mol. The fraction of sp³-hybridized carbons (Fsp3) is 0.455. The van der Waals surface area contributed by atoms with Crippen molar-refractivity contribution in [1.29, 1.82) is 0 Å². The summed E-state index contributed by atoms with van der Waals surface area (Å²) in [6.45, 7) is -0.584. The Labute approximate surface area is 200 Å². The molecule has 9 nitrogen and oxygen atoms in total. The molecule has 3 aromatic heterocycles. The molecule has 0 radical (unpaired) electrons. The van der Waals surface area contributed by atoms with Gasteiger partial charge in [0.05, 0.1) is 12.6 Å². The Morgan fingerprint density at radius 2 is 1.97 bits per heavy atom. The molecule has 14 heteroatoms. The van der Waals surface area contributed by atoms with E-state index in [2.05, 4.69) is 25.7 Å². The number of fused-ring (bicyclic) bond motifs is 2. The second-order valence-electron chi connectivity index (χ2n) is 8.78. The van der Waals surface area contributed by atoms with E-state index in [-0.39, 0.29) is 30.7 Å². The molecule has 5 rings (SSSR count). The lowest BCUT2D eigenvalue weighted by Gasteiger charge is -2.37. The minimum Gasteiger partial charge on any atom is -0.479 e. The Hall–Kier alpha value is -3.55. The van der Waals surface area contributed by atoms with Gasteiger partial charge in [0.2, 0.25) is 11.8 Å². The standard InChI is InChI=1S/C22H22F5N7O2/c1-36-19-18-14(12-2-3-15-16(10-12)34(32-30-15)11-17(23)24)6-9-33(18)31-20(29-19)28-13-4-7-21(35,8-5-13)22(25,26)27/h2-3,6,9-10,13,17,35H,4-5,7-8,11H2,1H3,(H,28,31). The molecule has 192 valence electrons. The average molecular weight is 511 g/mol. The van der Waals surface area contributed by atoms with Gasteiger partial charge in [-0.1, -0.05) is 11.3 Å². The first kappa shape index (κ1) is 24.2. The number of anilines is 1. The number of aliphatic hydroxyl groups is 1. The van der Waals surface area contributed by atoms with Gasteiger partial charge in [-0.25, -0.2) is 18.0 Å². The first-order chi connectivity index (χ1) is 17.1. The van der Waals surface area contributed by atoms with Crippen LogP contribution in [-0.4, -0.2) is 66.1 Å². The van der Waals surface area contributed by atoms with E-state index in [0.717, 1.165) is 4.68 Å². The molecule has 1 aliphatic rings. The molecule has 0 atom stereocenters. The predicted molar refractivity (Wildman–Crippen MR) is 119 cm³/mol. The van der Waals surface area contributed by atoms with E-state index in [1.54, 1.807) is 30.5 Å². The normalized spacial score (nSPS) is 20.9. The Bertz CT molecular complexity index is 1390. The summed E-state index contributed by atoms with van der Waals surface area (Å²) in [4.78, 5) is 4.39. The van der Waals surface area contributed by atoms with Crippen LogP contribution in [-0.2, 0) is 6.54 Å². The smallest absolute Gasteiger partial charge is 0.417 e. The Morgan fingerprint density at radius 1 is 1.22 bits per heavy atom. The SMILES string of the molecule is COc1nc(NC2CCC(O)(C(F)(F)F)CC2)nn2ccc(-c3ccc4nnn(CC(F)F)c4c3)c12. The van der Waals surface area contributed by atoms with Crippen molar-refractivity contribution in [1.82, 2.24) is 29.6 Å². The van der Waals surface area contributed by atoms with Crippen LogP contribution in [0, 0.1) is 0 Å². The quantitative estimate of drug-likeness (QED) is 0.377. The van der Waals surface area contributed by atoms with Gasteiger partial charge in [-0.3, -0.25) is 0 Å². The third kappa shape index (κ3) is 4.29. The molecule has 0 spiro atoms. The van der Waals surface area contributed by atoms with Crippen LogP contribution in [0.5, 0.6) is 5.88 Å². The first-order valence-electron chi connectivity index (χ1n) is 11.2. The molecule has 0 saturated heterocycles. The monoisotopic (exact) mass is 511 g/mol. The van der Waals surface area contributed by atoms with E-state index in [4.69, 9.17) is 4.74 Å². The van der Waals surface area contributed by atoms with Crippen LogP contribution in [0.2, 0.25) is 0 Å². The van der Waals surface area contributed by atoms with Gasteiger partial charge < -0.3 is 15.2 Å². The van der Waals surface area contributed by atoms with Gasteiger partial charge in [0.15, 0.2) is 5.60 Å². The van der Waals surface area contributed by atoms with Crippen molar-refractivity contribution in [2.45, 2.75) is 56.5 Å². The number of rotatable bonds is 6. The molecule has 0 aliphatic heterocycles. The zero-order valence-electron chi connectivity index (χ0n) is 19.0. The highest BCUT2D eigenvalue weighted by Crippen LogP contribution is 2.42. The summed E-state index contributed by atoms with van der Waals surface area (Å²) < 4.78 is 73.2. The van der Waals surface area contributed by atoms with Crippen molar-refractivity contribution >= 4 is 22.5 Å². The zero-order chi connectivity index (χ0) is 25.7. The largest absolute Gasteiger partial charge is 0.479 e. The average Bonchev–Trinajstić information content (AvgIpc) is 3.43. The van der Waals surface area contributed by atoms with Gasteiger partial charge in [0.1, 0.15) is 17.6 Å². The number of aromatic nitrogens is 6. The maximum atomic E-state index is 13.1. The number of nitrogens with one attached hydrogen (secondary N) is 1. The highest BCUT2D eigenvalue weighted by Gasteiger charge is 2.54. The van der Waals surface area contributed by atoms with Gasteiger partial charge >= 0.3 is 6.18 Å². The second-order valence-corrected chi connectivity index (χ2v) is 8.78. The molecule has 1 aromatic carbocycles. The fourth-order valence-electron chi connectivity index (χ4n) is 4.53. The van der Waals surface area contributed by atoms with Crippen LogP contribution in [0.1, 0.15) is 25.7 Å². The third-order valence-electron chi connectivity index (χ3n) is 6.48. The lowest BCUT2D eigenvalue weighted by molar-refractivity contribution is -0.269. The van der Waals surface area contributed by atoms with Crippen molar-refractivity contribution < 1.29 is 31.8 Å².